The van der Waals surface area contributed by atoms with Crippen molar-refractivity contribution in [2.24, 2.45) is 0 Å². The lowest BCUT2D eigenvalue weighted by atomic mass is 10.0. The number of nitrogens with two attached hydrogens (primary N) is 1. The molecule has 0 aliphatic carbocycles. The predicted octanol–water partition coefficient (Wildman–Crippen LogP) is 3.49. The minimum atomic E-state index is -0.0625. The number of anilines is 1. The molecule has 0 atom stereocenters. The number of amides is 1. The molecule has 0 aliphatic heterocycles. The van der Waals surface area contributed by atoms with Crippen LogP contribution in [0.1, 0.15) is 32.9 Å². The molecule has 0 saturated heterocycles. The fraction of sp³-hybridized carbons (Fsp3) is 0.238. The number of hydrogen-bond donors (Lipinski definition) is 1. The number of benzene rings is 1. The van der Waals surface area contributed by atoms with Crippen LogP contribution in [-0.2, 0) is 6.42 Å². The summed E-state index contributed by atoms with van der Waals surface area (Å²) in [6.45, 7) is 3.93. The number of nitrogens with zero attached hydrogens (tertiary/aromatic N) is 3. The normalized spacial score (nSPS) is 11.4. The number of carbonyl (C=O) groups excluding carboxylic acids is 1. The van der Waals surface area contributed by atoms with Crippen LogP contribution in [0.5, 0.6) is 0 Å². The van der Waals surface area contributed by atoms with Gasteiger partial charge in [-0.15, -0.1) is 0 Å². The van der Waals surface area contributed by atoms with Gasteiger partial charge in [0.1, 0.15) is 0 Å². The second kappa shape index (κ2) is 7.04. The van der Waals surface area contributed by atoms with Gasteiger partial charge in [-0.3, -0.25) is 4.79 Å². The highest BCUT2D eigenvalue weighted by Crippen LogP contribution is 2.26. The van der Waals surface area contributed by atoms with Crippen molar-refractivity contribution >= 4 is 23.3 Å². The molecule has 26 heavy (non-hydrogen) atoms. The zero-order valence-electron chi connectivity index (χ0n) is 15.7. The third-order valence-corrected chi connectivity index (χ3v) is 4.60. The molecule has 0 saturated carbocycles. The highest BCUT2D eigenvalue weighted by atomic mass is 16.2. The molecule has 0 unspecified atom stereocenters. The minimum absolute atomic E-state index is 0.0625. The van der Waals surface area contributed by atoms with Crippen molar-refractivity contribution in [2.75, 3.05) is 19.8 Å². The van der Waals surface area contributed by atoms with Crippen LogP contribution in [0, 0.1) is 13.8 Å². The van der Waals surface area contributed by atoms with Gasteiger partial charge in [-0.1, -0.05) is 42.5 Å². The van der Waals surface area contributed by atoms with Gasteiger partial charge in [-0.2, -0.15) is 0 Å². The van der Waals surface area contributed by atoms with Gasteiger partial charge in [0.15, 0.2) is 5.65 Å². The summed E-state index contributed by atoms with van der Waals surface area (Å²) < 4.78 is 1.91. The van der Waals surface area contributed by atoms with Gasteiger partial charge in [0, 0.05) is 26.0 Å². The third-order valence-electron chi connectivity index (χ3n) is 4.60. The zero-order valence-corrected chi connectivity index (χ0v) is 15.7. The number of pyridine rings is 1. The molecule has 0 bridgehead atoms. The summed E-state index contributed by atoms with van der Waals surface area (Å²) in [6, 6.07) is 10.1. The van der Waals surface area contributed by atoms with Gasteiger partial charge in [-0.25, -0.2) is 4.98 Å². The predicted molar refractivity (Wildman–Crippen MR) is 106 cm³/mol. The monoisotopic (exact) mass is 348 g/mol. The number of aromatic nitrogens is 2. The fourth-order valence-electron chi connectivity index (χ4n) is 2.98. The standard InChI is InChI=1S/C21H24N4O/c1-14-15(2)25-13-18(21(26)24(3)4)17(19(22)20(25)23-14)12-8-11-16-9-6-5-7-10-16/h5-11,13H,12,22H2,1-4H3. The van der Waals surface area contributed by atoms with Crippen molar-refractivity contribution in [2.45, 2.75) is 20.3 Å². The van der Waals surface area contributed by atoms with Crippen LogP contribution in [0.4, 0.5) is 5.69 Å². The number of rotatable bonds is 4. The lowest BCUT2D eigenvalue weighted by Gasteiger charge is -2.16. The summed E-state index contributed by atoms with van der Waals surface area (Å²) in [7, 11) is 3.50. The summed E-state index contributed by atoms with van der Waals surface area (Å²) in [5, 5.41) is 0. The SMILES string of the molecule is Cc1nc2c(N)c(CC=Cc3ccccc3)c(C(=O)N(C)C)cn2c1C. The van der Waals surface area contributed by atoms with E-state index in [2.05, 4.69) is 4.98 Å². The van der Waals surface area contributed by atoms with E-state index in [0.717, 1.165) is 22.5 Å². The zero-order chi connectivity index (χ0) is 18.8. The Kier molecular flexibility index (Phi) is 4.80. The Morgan fingerprint density at radius 1 is 1.23 bits per heavy atom. The molecule has 2 N–H and O–H groups in total. The third kappa shape index (κ3) is 3.20. The van der Waals surface area contributed by atoms with Crippen LogP contribution >= 0.6 is 0 Å². The number of allylic oxidation sites excluding steroid dienone is 1. The van der Waals surface area contributed by atoms with Gasteiger partial charge in [-0.05, 0) is 31.4 Å². The van der Waals surface area contributed by atoms with E-state index in [-0.39, 0.29) is 5.91 Å². The van der Waals surface area contributed by atoms with Crippen LogP contribution in [0.25, 0.3) is 11.7 Å². The topological polar surface area (TPSA) is 63.6 Å². The Morgan fingerprint density at radius 2 is 1.92 bits per heavy atom. The Labute approximate surface area is 153 Å². The Balaban J connectivity index is 2.09. The molecular weight excluding hydrogens is 324 g/mol. The number of hydrogen-bond acceptors (Lipinski definition) is 3. The lowest BCUT2D eigenvalue weighted by Crippen LogP contribution is -2.24. The van der Waals surface area contributed by atoms with Crippen molar-refractivity contribution in [3.63, 3.8) is 0 Å². The van der Waals surface area contributed by atoms with Crippen LogP contribution in [0.3, 0.4) is 0 Å². The second-order valence-corrected chi connectivity index (χ2v) is 6.63. The Bertz CT molecular complexity index is 984. The average Bonchev–Trinajstić information content (AvgIpc) is 2.92. The first-order valence-electron chi connectivity index (χ1n) is 8.60. The quantitative estimate of drug-likeness (QED) is 0.785. The van der Waals surface area contributed by atoms with E-state index in [4.69, 9.17) is 5.73 Å². The first kappa shape index (κ1) is 17.7. The van der Waals surface area contributed by atoms with Crippen molar-refractivity contribution in [3.8, 4) is 0 Å². The summed E-state index contributed by atoms with van der Waals surface area (Å²) in [6.07, 6.45) is 6.49. The summed E-state index contributed by atoms with van der Waals surface area (Å²) in [5.41, 5.74) is 12.1. The molecule has 0 aliphatic rings. The maximum Gasteiger partial charge on any atom is 0.255 e. The van der Waals surface area contributed by atoms with E-state index in [9.17, 15) is 4.79 Å². The van der Waals surface area contributed by atoms with Gasteiger partial charge in [0.25, 0.3) is 5.91 Å². The molecule has 0 radical (unpaired) electrons. The van der Waals surface area contributed by atoms with E-state index >= 15 is 0 Å². The molecule has 5 nitrogen and oxygen atoms in total. The largest absolute Gasteiger partial charge is 0.395 e. The van der Waals surface area contributed by atoms with Crippen LogP contribution < -0.4 is 5.73 Å². The number of carbonyl (C=O) groups is 1. The summed E-state index contributed by atoms with van der Waals surface area (Å²) in [5.74, 6) is -0.0625. The molecule has 1 aromatic carbocycles. The molecule has 0 spiro atoms. The number of fused-ring (bicyclic) bond motifs is 1. The minimum Gasteiger partial charge on any atom is -0.395 e. The molecule has 3 aromatic rings. The second-order valence-electron chi connectivity index (χ2n) is 6.63. The molecule has 0 fully saturated rings. The number of imidazole rings is 1. The van der Waals surface area contributed by atoms with Crippen LogP contribution in [0.15, 0.2) is 42.6 Å². The first-order valence-corrected chi connectivity index (χ1v) is 8.60. The van der Waals surface area contributed by atoms with E-state index in [1.165, 1.54) is 0 Å². The van der Waals surface area contributed by atoms with Crippen molar-refractivity contribution in [1.82, 2.24) is 14.3 Å². The number of nitrogen functional groups attached to an aromatic ring is 1. The van der Waals surface area contributed by atoms with Crippen molar-refractivity contribution in [1.29, 1.82) is 0 Å². The summed E-state index contributed by atoms with van der Waals surface area (Å²) in [4.78, 5) is 18.9. The molecular formula is C21H24N4O. The molecule has 2 aromatic heterocycles. The molecule has 2 heterocycles. The van der Waals surface area contributed by atoms with Gasteiger partial charge in [0.05, 0.1) is 16.9 Å². The molecule has 134 valence electrons. The van der Waals surface area contributed by atoms with Crippen molar-refractivity contribution in [3.05, 3.63) is 70.7 Å². The average molecular weight is 348 g/mol. The smallest absolute Gasteiger partial charge is 0.255 e. The van der Waals surface area contributed by atoms with Gasteiger partial charge < -0.3 is 15.0 Å². The highest BCUT2D eigenvalue weighted by molar-refractivity contribution is 5.98. The summed E-state index contributed by atoms with van der Waals surface area (Å²) >= 11 is 0. The van der Waals surface area contributed by atoms with E-state index < -0.39 is 0 Å². The first-order chi connectivity index (χ1) is 12.4. The van der Waals surface area contributed by atoms with Crippen molar-refractivity contribution < 1.29 is 4.79 Å². The highest BCUT2D eigenvalue weighted by Gasteiger charge is 2.20. The van der Waals surface area contributed by atoms with E-state index in [0.29, 0.717) is 23.3 Å². The van der Waals surface area contributed by atoms with Gasteiger partial charge >= 0.3 is 0 Å². The maximum atomic E-state index is 12.7. The fourth-order valence-corrected chi connectivity index (χ4v) is 2.98. The maximum absolute atomic E-state index is 12.7. The van der Waals surface area contributed by atoms with E-state index in [1.807, 2.05) is 66.9 Å². The Morgan fingerprint density at radius 3 is 2.58 bits per heavy atom. The Hall–Kier alpha value is -3.08. The van der Waals surface area contributed by atoms with Gasteiger partial charge in [0.2, 0.25) is 0 Å². The van der Waals surface area contributed by atoms with Crippen LogP contribution in [-0.4, -0.2) is 34.3 Å². The lowest BCUT2D eigenvalue weighted by molar-refractivity contribution is 0.0826. The molecule has 1 amide bonds. The van der Waals surface area contributed by atoms with Crippen LogP contribution in [0.2, 0.25) is 0 Å². The molecule has 3 rings (SSSR count). The molecule has 5 heteroatoms. The van der Waals surface area contributed by atoms with E-state index in [1.54, 1.807) is 19.0 Å². The number of aryl methyl sites for hydroxylation is 2.